The maximum absolute atomic E-state index is 13.2. The van der Waals surface area contributed by atoms with E-state index in [1.807, 2.05) is 6.92 Å². The van der Waals surface area contributed by atoms with Crippen molar-refractivity contribution in [3.05, 3.63) is 39.9 Å². The zero-order valence-electron chi connectivity index (χ0n) is 19.2. The summed E-state index contributed by atoms with van der Waals surface area (Å²) >= 11 is 7.42. The summed E-state index contributed by atoms with van der Waals surface area (Å²) in [6, 6.07) is 2.79. The highest BCUT2D eigenvalue weighted by atomic mass is 35.5. The Hall–Kier alpha value is -2.92. The van der Waals surface area contributed by atoms with Gasteiger partial charge >= 0.3 is 12.2 Å². The Balaban J connectivity index is 1.95. The predicted molar refractivity (Wildman–Crippen MR) is 128 cm³/mol. The van der Waals surface area contributed by atoms with Gasteiger partial charge in [-0.2, -0.15) is 4.98 Å². The van der Waals surface area contributed by atoms with Crippen LogP contribution in [0, 0.1) is 6.92 Å². The van der Waals surface area contributed by atoms with Crippen LogP contribution in [0.3, 0.4) is 0 Å². The largest absolute Gasteiger partial charge is 0.467 e. The van der Waals surface area contributed by atoms with Gasteiger partial charge in [0.05, 0.1) is 29.7 Å². The minimum absolute atomic E-state index is 0.0677. The first-order valence-electron chi connectivity index (χ1n) is 10.5. The topological polar surface area (TPSA) is 118 Å². The van der Waals surface area contributed by atoms with Crippen molar-refractivity contribution in [2.75, 3.05) is 11.6 Å². The molecule has 0 spiro atoms. The molecule has 0 saturated carbocycles. The van der Waals surface area contributed by atoms with E-state index in [2.05, 4.69) is 15.3 Å². The number of fused-ring (bicyclic) bond motifs is 1. The summed E-state index contributed by atoms with van der Waals surface area (Å²) in [5.74, 6) is 0.559. The van der Waals surface area contributed by atoms with E-state index in [9.17, 15) is 19.1 Å². The first-order chi connectivity index (χ1) is 16.0. The van der Waals surface area contributed by atoms with Crippen molar-refractivity contribution in [3.8, 4) is 0 Å². The molecule has 0 aliphatic rings. The van der Waals surface area contributed by atoms with E-state index >= 15 is 0 Å². The standard InChI is InChI=1S/C22H26ClFN4O5S/c1-12-15(10-13(7-8-24)25-20(29)33-22(2,3)4)34-17-16(12)26-19(23)27-18(17)28(21(30)31)11-14-6-5-9-32-14/h5-6,9,13H,7-8,10-11H2,1-4H3,(H,25,29)(H,30,31). The summed E-state index contributed by atoms with van der Waals surface area (Å²) in [4.78, 5) is 34.6. The number of hydrogen-bond acceptors (Lipinski definition) is 7. The van der Waals surface area contributed by atoms with Crippen molar-refractivity contribution in [3.63, 3.8) is 0 Å². The third-order valence-corrected chi connectivity index (χ3v) is 6.28. The molecule has 0 fully saturated rings. The number of amides is 2. The molecule has 0 bridgehead atoms. The van der Waals surface area contributed by atoms with E-state index in [4.69, 9.17) is 20.8 Å². The van der Waals surface area contributed by atoms with Crippen LogP contribution in [0.4, 0.5) is 19.8 Å². The van der Waals surface area contributed by atoms with Crippen molar-refractivity contribution in [1.82, 2.24) is 15.3 Å². The number of aryl methyl sites for hydroxylation is 1. The Morgan fingerprint density at radius 3 is 2.71 bits per heavy atom. The van der Waals surface area contributed by atoms with E-state index in [0.717, 1.165) is 15.3 Å². The van der Waals surface area contributed by atoms with Crippen LogP contribution >= 0.6 is 22.9 Å². The molecule has 2 N–H and O–H groups in total. The van der Waals surface area contributed by atoms with E-state index < -0.39 is 30.5 Å². The normalized spacial score (nSPS) is 12.5. The van der Waals surface area contributed by atoms with Gasteiger partial charge in [0.1, 0.15) is 11.4 Å². The molecule has 1 unspecified atom stereocenters. The molecule has 9 nitrogen and oxygen atoms in total. The monoisotopic (exact) mass is 512 g/mol. The third-order valence-electron chi connectivity index (χ3n) is 4.81. The van der Waals surface area contributed by atoms with Gasteiger partial charge in [0.15, 0.2) is 5.82 Å². The van der Waals surface area contributed by atoms with E-state index in [1.54, 1.807) is 32.9 Å². The SMILES string of the molecule is Cc1c(CC(CCF)NC(=O)OC(C)(C)C)sc2c(N(Cc3ccco3)C(=O)O)nc(Cl)nc12. The van der Waals surface area contributed by atoms with Crippen molar-refractivity contribution in [2.24, 2.45) is 0 Å². The van der Waals surface area contributed by atoms with Crippen LogP contribution in [-0.4, -0.2) is 45.6 Å². The molecular formula is C22H26ClFN4O5S. The average Bonchev–Trinajstić information content (AvgIpc) is 3.33. The summed E-state index contributed by atoms with van der Waals surface area (Å²) in [6.07, 6.45) is -0.0242. The van der Waals surface area contributed by atoms with Crippen LogP contribution in [0.2, 0.25) is 5.28 Å². The fraction of sp³-hybridized carbons (Fsp3) is 0.455. The van der Waals surface area contributed by atoms with Crippen molar-refractivity contribution in [1.29, 1.82) is 0 Å². The van der Waals surface area contributed by atoms with Gasteiger partial charge in [0.2, 0.25) is 5.28 Å². The number of rotatable bonds is 8. The lowest BCUT2D eigenvalue weighted by Crippen LogP contribution is -2.40. The van der Waals surface area contributed by atoms with Crippen molar-refractivity contribution >= 4 is 51.2 Å². The number of alkyl carbamates (subject to hydrolysis) is 1. The van der Waals surface area contributed by atoms with Crippen LogP contribution < -0.4 is 10.2 Å². The van der Waals surface area contributed by atoms with Crippen LogP contribution in [-0.2, 0) is 17.7 Å². The van der Waals surface area contributed by atoms with Gasteiger partial charge in [-0.15, -0.1) is 11.3 Å². The highest BCUT2D eigenvalue weighted by Crippen LogP contribution is 2.37. The molecule has 184 valence electrons. The molecule has 0 saturated heterocycles. The van der Waals surface area contributed by atoms with Crippen LogP contribution in [0.1, 0.15) is 43.4 Å². The summed E-state index contributed by atoms with van der Waals surface area (Å²) in [6.45, 7) is 6.35. The molecular weight excluding hydrogens is 487 g/mol. The highest BCUT2D eigenvalue weighted by Gasteiger charge is 2.26. The second-order valence-corrected chi connectivity index (χ2v) is 10.1. The van der Waals surface area contributed by atoms with Gasteiger partial charge in [-0.3, -0.25) is 9.29 Å². The molecule has 3 aromatic rings. The first kappa shape index (κ1) is 25.7. The third kappa shape index (κ3) is 6.35. The Kier molecular flexibility index (Phi) is 7.98. The fourth-order valence-electron chi connectivity index (χ4n) is 3.32. The summed E-state index contributed by atoms with van der Waals surface area (Å²) in [5, 5.41) is 12.5. The molecule has 0 radical (unpaired) electrons. The Morgan fingerprint density at radius 1 is 1.38 bits per heavy atom. The number of carboxylic acid groups (broad SMARTS) is 1. The Labute approximate surface area is 204 Å². The molecule has 3 heterocycles. The number of aromatic nitrogens is 2. The second-order valence-electron chi connectivity index (χ2n) is 8.62. The molecule has 0 aliphatic carbocycles. The number of halogens is 2. The first-order valence-corrected chi connectivity index (χ1v) is 11.7. The minimum Gasteiger partial charge on any atom is -0.467 e. The Morgan fingerprint density at radius 2 is 2.12 bits per heavy atom. The van der Waals surface area contributed by atoms with Crippen LogP contribution in [0.25, 0.3) is 10.2 Å². The molecule has 0 aromatic carbocycles. The molecule has 2 amide bonds. The summed E-state index contributed by atoms with van der Waals surface area (Å²) in [5.41, 5.74) is 0.564. The lowest BCUT2D eigenvalue weighted by molar-refractivity contribution is 0.0500. The number of hydrogen-bond donors (Lipinski definition) is 2. The van der Waals surface area contributed by atoms with E-state index in [-0.39, 0.29) is 24.1 Å². The van der Waals surface area contributed by atoms with Gasteiger partial charge in [-0.1, -0.05) is 0 Å². The van der Waals surface area contributed by atoms with E-state index in [1.165, 1.54) is 17.6 Å². The number of thiophene rings is 1. The molecule has 0 aliphatic heterocycles. The smallest absolute Gasteiger partial charge is 0.413 e. The molecule has 34 heavy (non-hydrogen) atoms. The number of nitrogens with one attached hydrogen (secondary N) is 1. The maximum Gasteiger partial charge on any atom is 0.413 e. The van der Waals surface area contributed by atoms with Gasteiger partial charge in [0, 0.05) is 17.3 Å². The molecule has 3 aromatic heterocycles. The molecule has 12 heteroatoms. The fourth-order valence-corrected chi connectivity index (χ4v) is 4.80. The average molecular weight is 513 g/mol. The lowest BCUT2D eigenvalue weighted by atomic mass is 10.1. The summed E-state index contributed by atoms with van der Waals surface area (Å²) < 4.78 is 24.3. The number of furan rings is 1. The molecule has 1 atom stereocenters. The molecule has 3 rings (SSSR count). The highest BCUT2D eigenvalue weighted by molar-refractivity contribution is 7.19. The minimum atomic E-state index is -1.23. The van der Waals surface area contributed by atoms with Gasteiger partial charge in [-0.05, 0) is 63.4 Å². The number of anilines is 1. The quantitative estimate of drug-likeness (QED) is 0.370. The number of nitrogens with zero attached hydrogens (tertiary/aromatic N) is 3. The number of carbonyl (C=O) groups is 2. The van der Waals surface area contributed by atoms with Gasteiger partial charge in [-0.25, -0.2) is 14.6 Å². The van der Waals surface area contributed by atoms with Crippen LogP contribution in [0.15, 0.2) is 22.8 Å². The second kappa shape index (κ2) is 10.6. The number of carbonyl (C=O) groups excluding carboxylic acids is 1. The Bertz CT molecular complexity index is 1160. The zero-order chi connectivity index (χ0) is 25.0. The maximum atomic E-state index is 13.2. The van der Waals surface area contributed by atoms with Crippen LogP contribution in [0.5, 0.6) is 0 Å². The van der Waals surface area contributed by atoms with Gasteiger partial charge < -0.3 is 19.6 Å². The summed E-state index contributed by atoms with van der Waals surface area (Å²) in [7, 11) is 0. The number of alkyl halides is 1. The predicted octanol–water partition coefficient (Wildman–Crippen LogP) is 5.73. The van der Waals surface area contributed by atoms with Crippen molar-refractivity contribution < 1.29 is 28.2 Å². The van der Waals surface area contributed by atoms with Crippen molar-refractivity contribution in [2.45, 2.75) is 58.7 Å². The lowest BCUT2D eigenvalue weighted by Gasteiger charge is -2.23. The number of ether oxygens (including phenoxy) is 1. The zero-order valence-corrected chi connectivity index (χ0v) is 20.8. The van der Waals surface area contributed by atoms with Gasteiger partial charge in [0.25, 0.3) is 0 Å². The van der Waals surface area contributed by atoms with E-state index in [0.29, 0.717) is 22.4 Å².